The van der Waals surface area contributed by atoms with E-state index in [-0.39, 0.29) is 5.54 Å². The fourth-order valence-electron chi connectivity index (χ4n) is 1.86. The van der Waals surface area contributed by atoms with E-state index < -0.39 is 11.6 Å². The molecular weight excluding hydrogens is 260 g/mol. The zero-order valence-corrected chi connectivity index (χ0v) is 11.9. The number of H-pyrrole nitrogens is 1. The standard InChI is InChI=1S/C15H19F2N3/c1-15(2,3)19-7-6-14-18-9-13(20-14)10-4-5-11(16)12(17)8-10/h4-5,8-9,19H,6-7H2,1-3H3,(H,18,20). The van der Waals surface area contributed by atoms with Crippen molar-refractivity contribution in [3.8, 4) is 11.3 Å². The van der Waals surface area contributed by atoms with Crippen LogP contribution in [0.1, 0.15) is 26.6 Å². The van der Waals surface area contributed by atoms with Crippen LogP contribution in [0.3, 0.4) is 0 Å². The van der Waals surface area contributed by atoms with E-state index in [1.54, 1.807) is 6.20 Å². The molecule has 2 aromatic rings. The molecular formula is C15H19F2N3. The second-order valence-corrected chi connectivity index (χ2v) is 5.80. The molecule has 1 heterocycles. The predicted molar refractivity (Wildman–Crippen MR) is 75.4 cm³/mol. The minimum absolute atomic E-state index is 0.0650. The predicted octanol–water partition coefficient (Wildman–Crippen LogP) is 3.29. The van der Waals surface area contributed by atoms with Gasteiger partial charge >= 0.3 is 0 Å². The molecule has 5 heteroatoms. The molecule has 0 aliphatic carbocycles. The Morgan fingerprint density at radius 3 is 2.60 bits per heavy atom. The third-order valence-corrected chi connectivity index (χ3v) is 2.88. The van der Waals surface area contributed by atoms with Gasteiger partial charge in [-0.05, 0) is 39.0 Å². The van der Waals surface area contributed by atoms with Gasteiger partial charge < -0.3 is 10.3 Å². The third-order valence-electron chi connectivity index (χ3n) is 2.88. The maximum atomic E-state index is 13.2. The smallest absolute Gasteiger partial charge is 0.159 e. The van der Waals surface area contributed by atoms with Crippen LogP contribution < -0.4 is 5.32 Å². The van der Waals surface area contributed by atoms with E-state index >= 15 is 0 Å². The van der Waals surface area contributed by atoms with Crippen molar-refractivity contribution in [2.75, 3.05) is 6.54 Å². The fraction of sp³-hybridized carbons (Fsp3) is 0.400. The van der Waals surface area contributed by atoms with Crippen LogP contribution in [-0.2, 0) is 6.42 Å². The van der Waals surface area contributed by atoms with Gasteiger partial charge in [-0.3, -0.25) is 0 Å². The van der Waals surface area contributed by atoms with Crippen LogP contribution in [0.25, 0.3) is 11.3 Å². The van der Waals surface area contributed by atoms with Crippen LogP contribution in [0.5, 0.6) is 0 Å². The Hall–Kier alpha value is -1.75. The van der Waals surface area contributed by atoms with Crippen molar-refractivity contribution in [1.29, 1.82) is 0 Å². The Balaban J connectivity index is 2.03. The molecule has 3 nitrogen and oxygen atoms in total. The molecule has 0 radical (unpaired) electrons. The number of benzene rings is 1. The van der Waals surface area contributed by atoms with E-state index in [1.165, 1.54) is 12.1 Å². The molecule has 20 heavy (non-hydrogen) atoms. The van der Waals surface area contributed by atoms with Gasteiger partial charge in [0.1, 0.15) is 5.82 Å². The molecule has 0 aliphatic rings. The summed E-state index contributed by atoms with van der Waals surface area (Å²) in [5.41, 5.74) is 1.34. The average Bonchev–Trinajstić information content (AvgIpc) is 2.80. The van der Waals surface area contributed by atoms with Crippen molar-refractivity contribution in [1.82, 2.24) is 15.3 Å². The summed E-state index contributed by atoms with van der Waals surface area (Å²) in [6, 6.07) is 3.81. The lowest BCUT2D eigenvalue weighted by molar-refractivity contribution is 0.427. The zero-order valence-electron chi connectivity index (χ0n) is 11.9. The Labute approximate surface area is 117 Å². The molecule has 0 bridgehead atoms. The minimum Gasteiger partial charge on any atom is -0.342 e. The normalized spacial score (nSPS) is 11.8. The summed E-state index contributed by atoms with van der Waals surface area (Å²) in [5, 5.41) is 3.37. The van der Waals surface area contributed by atoms with Gasteiger partial charge in [-0.15, -0.1) is 0 Å². The monoisotopic (exact) mass is 279 g/mol. The Kier molecular flexibility index (Phi) is 4.18. The molecule has 0 saturated carbocycles. The van der Waals surface area contributed by atoms with E-state index in [9.17, 15) is 8.78 Å². The highest BCUT2D eigenvalue weighted by Crippen LogP contribution is 2.19. The molecule has 2 N–H and O–H groups in total. The number of nitrogens with one attached hydrogen (secondary N) is 2. The molecule has 0 unspecified atom stereocenters. The first-order valence-electron chi connectivity index (χ1n) is 6.59. The van der Waals surface area contributed by atoms with Crippen molar-refractivity contribution >= 4 is 0 Å². The van der Waals surface area contributed by atoms with Crippen LogP contribution in [0.2, 0.25) is 0 Å². The first-order valence-corrected chi connectivity index (χ1v) is 6.59. The molecule has 0 amide bonds. The van der Waals surface area contributed by atoms with Crippen LogP contribution in [0, 0.1) is 11.6 Å². The first kappa shape index (κ1) is 14.7. The van der Waals surface area contributed by atoms with E-state index in [2.05, 4.69) is 36.1 Å². The summed E-state index contributed by atoms with van der Waals surface area (Å²) in [6.07, 6.45) is 2.39. The van der Waals surface area contributed by atoms with Gasteiger partial charge in [0.15, 0.2) is 11.6 Å². The quantitative estimate of drug-likeness (QED) is 0.901. The average molecular weight is 279 g/mol. The highest BCUT2D eigenvalue weighted by molar-refractivity contribution is 5.58. The van der Waals surface area contributed by atoms with Crippen LogP contribution >= 0.6 is 0 Å². The van der Waals surface area contributed by atoms with Crippen molar-refractivity contribution in [2.45, 2.75) is 32.7 Å². The number of aromatic amines is 1. The van der Waals surface area contributed by atoms with Crippen LogP contribution in [0.4, 0.5) is 8.78 Å². The SMILES string of the molecule is CC(C)(C)NCCc1ncc(-c2ccc(F)c(F)c2)[nH]1. The third kappa shape index (κ3) is 3.87. The Morgan fingerprint density at radius 1 is 1.20 bits per heavy atom. The lowest BCUT2D eigenvalue weighted by atomic mass is 10.1. The Morgan fingerprint density at radius 2 is 1.95 bits per heavy atom. The molecule has 0 saturated heterocycles. The first-order chi connectivity index (χ1) is 9.35. The maximum absolute atomic E-state index is 13.2. The summed E-state index contributed by atoms with van der Waals surface area (Å²) >= 11 is 0. The summed E-state index contributed by atoms with van der Waals surface area (Å²) in [4.78, 5) is 7.37. The highest BCUT2D eigenvalue weighted by Gasteiger charge is 2.10. The Bertz CT molecular complexity index is 585. The molecule has 2 rings (SSSR count). The van der Waals surface area contributed by atoms with Gasteiger partial charge in [0.2, 0.25) is 0 Å². The molecule has 0 fully saturated rings. The molecule has 0 atom stereocenters. The van der Waals surface area contributed by atoms with Crippen molar-refractivity contribution < 1.29 is 8.78 Å². The van der Waals surface area contributed by atoms with Gasteiger partial charge in [0.05, 0.1) is 11.9 Å². The molecule has 108 valence electrons. The number of halogens is 2. The highest BCUT2D eigenvalue weighted by atomic mass is 19.2. The van der Waals surface area contributed by atoms with E-state index in [4.69, 9.17) is 0 Å². The van der Waals surface area contributed by atoms with Crippen LogP contribution in [-0.4, -0.2) is 22.1 Å². The topological polar surface area (TPSA) is 40.7 Å². The van der Waals surface area contributed by atoms with E-state index in [0.717, 1.165) is 24.9 Å². The molecule has 1 aromatic heterocycles. The molecule has 0 spiro atoms. The number of nitrogens with zero attached hydrogens (tertiary/aromatic N) is 1. The summed E-state index contributed by atoms with van der Waals surface area (Å²) in [5.74, 6) is -0.877. The number of rotatable bonds is 4. The summed E-state index contributed by atoms with van der Waals surface area (Å²) in [6.45, 7) is 7.10. The van der Waals surface area contributed by atoms with Gasteiger partial charge in [0.25, 0.3) is 0 Å². The number of hydrogen-bond acceptors (Lipinski definition) is 2. The lowest BCUT2D eigenvalue weighted by Crippen LogP contribution is -2.37. The largest absolute Gasteiger partial charge is 0.342 e. The molecule has 1 aromatic carbocycles. The van der Waals surface area contributed by atoms with Gasteiger partial charge in [-0.2, -0.15) is 0 Å². The van der Waals surface area contributed by atoms with Gasteiger partial charge in [-0.1, -0.05) is 0 Å². The second kappa shape index (κ2) is 5.71. The zero-order chi connectivity index (χ0) is 14.8. The molecule has 0 aliphatic heterocycles. The minimum atomic E-state index is -0.854. The van der Waals surface area contributed by atoms with Crippen molar-refractivity contribution in [3.05, 3.63) is 41.9 Å². The van der Waals surface area contributed by atoms with E-state index in [1.807, 2.05) is 0 Å². The van der Waals surface area contributed by atoms with Crippen LogP contribution in [0.15, 0.2) is 24.4 Å². The van der Waals surface area contributed by atoms with E-state index in [0.29, 0.717) is 11.3 Å². The van der Waals surface area contributed by atoms with Gasteiger partial charge in [0, 0.05) is 24.1 Å². The number of aromatic nitrogens is 2. The van der Waals surface area contributed by atoms with Gasteiger partial charge in [-0.25, -0.2) is 13.8 Å². The number of imidazole rings is 1. The van der Waals surface area contributed by atoms with Crippen molar-refractivity contribution in [2.24, 2.45) is 0 Å². The summed E-state index contributed by atoms with van der Waals surface area (Å²) < 4.78 is 26.1. The number of hydrogen-bond donors (Lipinski definition) is 2. The second-order valence-electron chi connectivity index (χ2n) is 5.80. The lowest BCUT2D eigenvalue weighted by Gasteiger charge is -2.19. The summed E-state index contributed by atoms with van der Waals surface area (Å²) in [7, 11) is 0. The fourth-order valence-corrected chi connectivity index (χ4v) is 1.86. The maximum Gasteiger partial charge on any atom is 0.159 e. The van der Waals surface area contributed by atoms with Crippen molar-refractivity contribution in [3.63, 3.8) is 0 Å².